The number of hydrogen-bond acceptors (Lipinski definition) is 6. The standard InChI is InChI=1S/C14H21NO.C14H19NO.C2Cl2O2/c2*16-10-8-14-7-4-9-15(12-14)11-13-5-2-1-3-6-13;3-1(5)2(4)6/h1-3,5-6,14,16H,4,7-12H2;1-3,5-6,10,14H,4,7-9,11-12H2;/t2*14-;/m00./s1. The predicted molar refractivity (Wildman–Crippen MR) is 153 cm³/mol. The second-order valence-corrected chi connectivity index (χ2v) is 10.6. The summed E-state index contributed by atoms with van der Waals surface area (Å²) in [5.41, 5.74) is 2.77. The molecule has 38 heavy (non-hydrogen) atoms. The predicted octanol–water partition coefficient (Wildman–Crippen LogP) is 5.29. The van der Waals surface area contributed by atoms with E-state index in [0.29, 0.717) is 18.4 Å². The number of carbonyl (C=O) groups is 3. The first-order valence-corrected chi connectivity index (χ1v) is 14.1. The van der Waals surface area contributed by atoms with Crippen LogP contribution in [-0.2, 0) is 27.5 Å². The Bertz CT molecular complexity index is 932. The molecule has 0 amide bonds. The number of piperidine rings is 2. The maximum absolute atomic E-state index is 10.5. The first-order valence-electron chi connectivity index (χ1n) is 13.4. The van der Waals surface area contributed by atoms with Crippen molar-refractivity contribution in [1.29, 1.82) is 0 Å². The van der Waals surface area contributed by atoms with E-state index in [2.05, 4.69) is 93.7 Å². The molecule has 0 radical (unpaired) electrons. The van der Waals surface area contributed by atoms with Crippen molar-refractivity contribution in [3.8, 4) is 0 Å². The number of hydrogen-bond donors (Lipinski definition) is 1. The molecule has 2 aliphatic heterocycles. The van der Waals surface area contributed by atoms with Gasteiger partial charge in [0.1, 0.15) is 6.29 Å². The number of likely N-dealkylation sites (tertiary alicyclic amines) is 2. The fourth-order valence-corrected chi connectivity index (χ4v) is 5.02. The molecule has 1 N–H and O–H groups in total. The minimum atomic E-state index is -1.14. The second-order valence-electron chi connectivity index (χ2n) is 9.92. The van der Waals surface area contributed by atoms with Crippen molar-refractivity contribution in [3.63, 3.8) is 0 Å². The highest BCUT2D eigenvalue weighted by Gasteiger charge is 2.20. The van der Waals surface area contributed by atoms with E-state index >= 15 is 0 Å². The van der Waals surface area contributed by atoms with Crippen molar-refractivity contribution in [2.45, 2.75) is 51.6 Å². The van der Waals surface area contributed by atoms with Gasteiger partial charge in [-0.1, -0.05) is 60.7 Å². The van der Waals surface area contributed by atoms with Gasteiger partial charge in [-0.15, -0.1) is 0 Å². The van der Waals surface area contributed by atoms with Crippen molar-refractivity contribution in [2.75, 3.05) is 32.8 Å². The van der Waals surface area contributed by atoms with E-state index in [9.17, 15) is 14.4 Å². The van der Waals surface area contributed by atoms with Crippen LogP contribution in [-0.4, -0.2) is 64.5 Å². The van der Waals surface area contributed by atoms with Crippen LogP contribution < -0.4 is 0 Å². The second kappa shape index (κ2) is 19.0. The topological polar surface area (TPSA) is 77.9 Å². The molecule has 2 aromatic carbocycles. The largest absolute Gasteiger partial charge is 0.396 e. The van der Waals surface area contributed by atoms with Crippen LogP contribution in [0.3, 0.4) is 0 Å². The first-order chi connectivity index (χ1) is 18.4. The molecule has 0 aliphatic carbocycles. The zero-order valence-electron chi connectivity index (χ0n) is 22.0. The number of rotatable bonds is 9. The van der Waals surface area contributed by atoms with Crippen LogP contribution in [0.1, 0.15) is 49.7 Å². The highest BCUT2D eigenvalue weighted by molar-refractivity contribution is 6.97. The van der Waals surface area contributed by atoms with E-state index < -0.39 is 10.5 Å². The van der Waals surface area contributed by atoms with Crippen LogP contribution in [0.2, 0.25) is 0 Å². The van der Waals surface area contributed by atoms with Crippen molar-refractivity contribution in [3.05, 3.63) is 71.8 Å². The Labute approximate surface area is 236 Å². The lowest BCUT2D eigenvalue weighted by Gasteiger charge is -2.32. The van der Waals surface area contributed by atoms with Crippen LogP contribution in [0.25, 0.3) is 0 Å². The summed E-state index contributed by atoms with van der Waals surface area (Å²) in [7, 11) is 0. The van der Waals surface area contributed by atoms with Crippen LogP contribution in [0.4, 0.5) is 0 Å². The molecule has 208 valence electrons. The summed E-state index contributed by atoms with van der Waals surface area (Å²) < 4.78 is 0. The van der Waals surface area contributed by atoms with Gasteiger partial charge < -0.3 is 9.90 Å². The summed E-state index contributed by atoms with van der Waals surface area (Å²) in [6.45, 7) is 7.02. The van der Waals surface area contributed by atoms with Gasteiger partial charge in [0.05, 0.1) is 0 Å². The zero-order chi connectivity index (χ0) is 27.6. The first kappa shape index (κ1) is 32.1. The molecule has 8 heteroatoms. The minimum absolute atomic E-state index is 0.337. The van der Waals surface area contributed by atoms with E-state index in [0.717, 1.165) is 45.3 Å². The van der Waals surface area contributed by atoms with E-state index in [1.54, 1.807) is 0 Å². The molecule has 2 atom stereocenters. The Morgan fingerprint density at radius 1 is 0.789 bits per heavy atom. The van der Waals surface area contributed by atoms with Gasteiger partial charge in [-0.2, -0.15) is 0 Å². The van der Waals surface area contributed by atoms with E-state index in [1.807, 2.05) is 0 Å². The third-order valence-electron chi connectivity index (χ3n) is 6.83. The Kier molecular flexibility index (Phi) is 16.1. The highest BCUT2D eigenvalue weighted by Crippen LogP contribution is 2.21. The normalized spacial score (nSPS) is 19.8. The van der Waals surface area contributed by atoms with E-state index in [4.69, 9.17) is 5.11 Å². The fraction of sp³-hybridized carbons (Fsp3) is 0.500. The third-order valence-corrected chi connectivity index (χ3v) is 7.27. The molecular weight excluding hydrogens is 523 g/mol. The van der Waals surface area contributed by atoms with E-state index in [-0.39, 0.29) is 0 Å². The number of carbonyl (C=O) groups excluding carboxylic acids is 3. The number of aliphatic hydroxyl groups is 1. The van der Waals surface area contributed by atoms with Gasteiger partial charge in [-0.3, -0.25) is 19.4 Å². The molecule has 0 aromatic heterocycles. The molecule has 0 unspecified atom stereocenters. The zero-order valence-corrected chi connectivity index (χ0v) is 23.5. The van der Waals surface area contributed by atoms with Crippen LogP contribution in [0.15, 0.2) is 60.7 Å². The number of aliphatic hydroxyl groups excluding tert-OH is 1. The summed E-state index contributed by atoms with van der Waals surface area (Å²) in [4.78, 5) is 34.4. The van der Waals surface area contributed by atoms with Crippen molar-refractivity contribution in [1.82, 2.24) is 9.80 Å². The van der Waals surface area contributed by atoms with Crippen LogP contribution in [0, 0.1) is 11.8 Å². The summed E-state index contributed by atoms with van der Waals surface area (Å²) in [6, 6.07) is 21.2. The molecular formula is C30H40Cl2N2O4. The third kappa shape index (κ3) is 13.6. The lowest BCUT2D eigenvalue weighted by molar-refractivity contribution is -0.127. The average molecular weight is 564 g/mol. The molecule has 6 nitrogen and oxygen atoms in total. The molecule has 2 fully saturated rings. The van der Waals surface area contributed by atoms with Crippen LogP contribution >= 0.6 is 23.2 Å². The Hall–Kier alpha value is -2.09. The van der Waals surface area contributed by atoms with Gasteiger partial charge in [-0.25, -0.2) is 0 Å². The molecule has 0 saturated carbocycles. The number of aldehydes is 1. The highest BCUT2D eigenvalue weighted by atomic mass is 35.5. The maximum atomic E-state index is 10.5. The number of benzene rings is 2. The molecule has 2 aromatic rings. The molecule has 0 bridgehead atoms. The molecule has 2 aliphatic rings. The molecule has 0 spiro atoms. The van der Waals surface area contributed by atoms with Gasteiger partial charge in [0.15, 0.2) is 0 Å². The number of halogens is 2. The lowest BCUT2D eigenvalue weighted by Crippen LogP contribution is -2.35. The van der Waals surface area contributed by atoms with Crippen molar-refractivity contribution >= 4 is 40.0 Å². The van der Waals surface area contributed by atoms with Gasteiger partial charge in [0.25, 0.3) is 0 Å². The minimum Gasteiger partial charge on any atom is -0.396 e. The van der Waals surface area contributed by atoms with Gasteiger partial charge in [0.2, 0.25) is 0 Å². The van der Waals surface area contributed by atoms with E-state index in [1.165, 1.54) is 49.9 Å². The Morgan fingerprint density at radius 2 is 1.24 bits per heavy atom. The smallest absolute Gasteiger partial charge is 0.304 e. The Balaban J connectivity index is 0.000000221. The quantitative estimate of drug-likeness (QED) is 0.254. The summed E-state index contributed by atoms with van der Waals surface area (Å²) >= 11 is 8.98. The lowest BCUT2D eigenvalue weighted by atomic mass is 9.95. The van der Waals surface area contributed by atoms with Crippen LogP contribution in [0.5, 0.6) is 0 Å². The average Bonchev–Trinajstić information content (AvgIpc) is 2.91. The van der Waals surface area contributed by atoms with Crippen molar-refractivity contribution in [2.24, 2.45) is 11.8 Å². The monoisotopic (exact) mass is 562 g/mol. The van der Waals surface area contributed by atoms with Gasteiger partial charge >= 0.3 is 10.5 Å². The molecule has 4 rings (SSSR count). The summed E-state index contributed by atoms with van der Waals surface area (Å²) in [5.74, 6) is 1.28. The molecule has 2 heterocycles. The van der Waals surface area contributed by atoms with Gasteiger partial charge in [-0.05, 0) is 91.4 Å². The summed E-state index contributed by atoms with van der Waals surface area (Å²) in [5, 5.41) is 6.69. The number of nitrogens with zero attached hydrogens (tertiary/aromatic N) is 2. The molecule has 2 saturated heterocycles. The fourth-order valence-electron chi connectivity index (χ4n) is 5.02. The van der Waals surface area contributed by atoms with Crippen molar-refractivity contribution < 1.29 is 19.5 Å². The SMILES string of the molecule is O=C(Cl)C(=O)Cl.O=CC[C@@H]1CCCN(Cc2ccccc2)C1.OCC[C@@H]1CCCN(Cc2ccccc2)C1. The maximum Gasteiger partial charge on any atom is 0.304 e. The van der Waals surface area contributed by atoms with Gasteiger partial charge in [0, 0.05) is 39.2 Å². The Morgan fingerprint density at radius 3 is 1.66 bits per heavy atom. The summed E-state index contributed by atoms with van der Waals surface area (Å²) in [6.07, 6.45) is 7.76.